The van der Waals surface area contributed by atoms with Gasteiger partial charge in [-0.3, -0.25) is 5.32 Å². The third kappa shape index (κ3) is 4.35. The van der Waals surface area contributed by atoms with Crippen LogP contribution in [0.15, 0.2) is 18.2 Å². The minimum Gasteiger partial charge on any atom is -0.507 e. The number of anilines is 1. The molecule has 1 aromatic rings. The molecule has 0 unspecified atom stereocenters. The summed E-state index contributed by atoms with van der Waals surface area (Å²) in [5.41, 5.74) is 0.400. The Hall–Kier alpha value is -1.71. The van der Waals surface area contributed by atoms with Crippen molar-refractivity contribution in [2.24, 2.45) is 0 Å². The number of unbranched alkanes of at least 4 members (excludes halogenated alkanes) is 1. The van der Waals surface area contributed by atoms with E-state index in [4.69, 9.17) is 9.84 Å². The molecule has 0 saturated carbocycles. The Morgan fingerprint density at radius 1 is 1.60 bits per heavy atom. The Morgan fingerprint density at radius 3 is 3.07 bits per heavy atom. The first-order valence-corrected chi connectivity index (χ1v) is 4.87. The summed E-state index contributed by atoms with van der Waals surface area (Å²) in [4.78, 5) is 11.2. The molecule has 0 aliphatic rings. The van der Waals surface area contributed by atoms with Crippen molar-refractivity contribution < 1.29 is 14.6 Å². The standard InChI is InChI=1S/C11H14NO3/c1-2-3-7-15-11(14)12-9-5-4-6-10(13)8-9/h4-6,13H,2-3,7H2,1H3,(H,12,14). The Morgan fingerprint density at radius 2 is 2.40 bits per heavy atom. The molecule has 0 spiro atoms. The van der Waals surface area contributed by atoms with Gasteiger partial charge in [0.25, 0.3) is 0 Å². The van der Waals surface area contributed by atoms with E-state index < -0.39 is 6.09 Å². The molecule has 2 N–H and O–H groups in total. The highest BCUT2D eigenvalue weighted by Crippen LogP contribution is 2.14. The number of benzene rings is 1. The molecule has 0 saturated heterocycles. The van der Waals surface area contributed by atoms with Crippen molar-refractivity contribution in [3.63, 3.8) is 0 Å². The van der Waals surface area contributed by atoms with E-state index in [2.05, 4.69) is 11.4 Å². The summed E-state index contributed by atoms with van der Waals surface area (Å²) in [5.74, 6) is -0.0126. The predicted octanol–water partition coefficient (Wildman–Crippen LogP) is 2.54. The van der Waals surface area contributed by atoms with Crippen LogP contribution in [0, 0.1) is 6.07 Å². The number of phenols is 1. The van der Waals surface area contributed by atoms with Crippen molar-refractivity contribution in [1.82, 2.24) is 0 Å². The predicted molar refractivity (Wildman–Crippen MR) is 56.8 cm³/mol. The monoisotopic (exact) mass is 208 g/mol. The molecule has 1 rings (SSSR count). The van der Waals surface area contributed by atoms with E-state index in [-0.39, 0.29) is 5.75 Å². The normalized spacial score (nSPS) is 9.67. The van der Waals surface area contributed by atoms with Gasteiger partial charge in [-0.25, -0.2) is 4.79 Å². The molecule has 1 radical (unpaired) electrons. The highest BCUT2D eigenvalue weighted by Gasteiger charge is 2.02. The van der Waals surface area contributed by atoms with Gasteiger partial charge in [-0.1, -0.05) is 19.4 Å². The van der Waals surface area contributed by atoms with E-state index >= 15 is 0 Å². The molecule has 0 fully saturated rings. The second-order valence-corrected chi connectivity index (χ2v) is 3.06. The average molecular weight is 208 g/mol. The SMILES string of the molecule is CCCCOC(=O)Nc1[c]c(O)ccc1. The molecule has 15 heavy (non-hydrogen) atoms. The molecule has 81 valence electrons. The lowest BCUT2D eigenvalue weighted by Crippen LogP contribution is -2.14. The smallest absolute Gasteiger partial charge is 0.411 e. The van der Waals surface area contributed by atoms with Crippen LogP contribution in [0.2, 0.25) is 0 Å². The van der Waals surface area contributed by atoms with Crippen LogP contribution in [-0.4, -0.2) is 17.8 Å². The number of hydrogen-bond acceptors (Lipinski definition) is 3. The van der Waals surface area contributed by atoms with Crippen LogP contribution < -0.4 is 5.32 Å². The van der Waals surface area contributed by atoms with Gasteiger partial charge in [0.2, 0.25) is 0 Å². The maximum Gasteiger partial charge on any atom is 0.411 e. The lowest BCUT2D eigenvalue weighted by Gasteiger charge is -2.05. The molecule has 0 bridgehead atoms. The number of carbonyl (C=O) groups excluding carboxylic acids is 1. The van der Waals surface area contributed by atoms with Crippen molar-refractivity contribution in [2.45, 2.75) is 19.8 Å². The third-order valence-electron chi connectivity index (χ3n) is 1.75. The molecule has 4 nitrogen and oxygen atoms in total. The van der Waals surface area contributed by atoms with E-state index in [1.807, 2.05) is 6.92 Å². The summed E-state index contributed by atoms with van der Waals surface area (Å²) >= 11 is 0. The van der Waals surface area contributed by atoms with Crippen molar-refractivity contribution in [2.75, 3.05) is 11.9 Å². The zero-order valence-electron chi connectivity index (χ0n) is 8.62. The molecule has 0 atom stereocenters. The summed E-state index contributed by atoms with van der Waals surface area (Å²) in [6, 6.07) is 7.30. The minimum absolute atomic E-state index is 0.0126. The first-order chi connectivity index (χ1) is 7.22. The molecule has 0 aliphatic heterocycles. The first kappa shape index (κ1) is 11.4. The van der Waals surface area contributed by atoms with Gasteiger partial charge in [-0.05, 0) is 18.6 Å². The molecule has 0 aromatic heterocycles. The van der Waals surface area contributed by atoms with E-state index in [1.165, 1.54) is 6.07 Å². The van der Waals surface area contributed by atoms with Gasteiger partial charge in [0.15, 0.2) is 0 Å². The van der Waals surface area contributed by atoms with Crippen LogP contribution >= 0.6 is 0 Å². The quantitative estimate of drug-likeness (QED) is 0.747. The molecule has 0 aliphatic carbocycles. The maximum absolute atomic E-state index is 11.2. The van der Waals surface area contributed by atoms with Gasteiger partial charge in [0, 0.05) is 0 Å². The van der Waals surface area contributed by atoms with Crippen LogP contribution in [0.1, 0.15) is 19.8 Å². The lowest BCUT2D eigenvalue weighted by atomic mass is 10.3. The van der Waals surface area contributed by atoms with Crippen molar-refractivity contribution in [3.8, 4) is 5.75 Å². The van der Waals surface area contributed by atoms with Gasteiger partial charge in [-0.2, -0.15) is 0 Å². The van der Waals surface area contributed by atoms with Gasteiger partial charge >= 0.3 is 6.09 Å². The summed E-state index contributed by atoms with van der Waals surface area (Å²) in [6.45, 7) is 2.42. The topological polar surface area (TPSA) is 58.6 Å². The van der Waals surface area contributed by atoms with Crippen molar-refractivity contribution in [3.05, 3.63) is 24.3 Å². The van der Waals surface area contributed by atoms with Crippen LogP contribution in [0.25, 0.3) is 0 Å². The van der Waals surface area contributed by atoms with Crippen LogP contribution in [-0.2, 0) is 4.74 Å². The number of nitrogens with one attached hydrogen (secondary N) is 1. The second kappa shape index (κ2) is 5.90. The van der Waals surface area contributed by atoms with Gasteiger partial charge in [0.05, 0.1) is 18.4 Å². The molecule has 1 aromatic carbocycles. The van der Waals surface area contributed by atoms with E-state index in [9.17, 15) is 4.79 Å². The second-order valence-electron chi connectivity index (χ2n) is 3.06. The van der Waals surface area contributed by atoms with Crippen LogP contribution in [0.3, 0.4) is 0 Å². The average Bonchev–Trinajstić information content (AvgIpc) is 2.18. The van der Waals surface area contributed by atoms with Crippen molar-refractivity contribution in [1.29, 1.82) is 0 Å². The fraction of sp³-hybridized carbons (Fsp3) is 0.364. The first-order valence-electron chi connectivity index (χ1n) is 4.87. The van der Waals surface area contributed by atoms with Gasteiger partial charge < -0.3 is 9.84 Å². The fourth-order valence-electron chi connectivity index (χ4n) is 0.985. The summed E-state index contributed by atoms with van der Waals surface area (Å²) < 4.78 is 4.87. The number of phenolic OH excluding ortho intramolecular Hbond substituents is 1. The van der Waals surface area contributed by atoms with Crippen LogP contribution in [0.5, 0.6) is 5.75 Å². The van der Waals surface area contributed by atoms with E-state index in [0.717, 1.165) is 12.8 Å². The highest BCUT2D eigenvalue weighted by molar-refractivity contribution is 5.84. The number of rotatable bonds is 4. The number of hydrogen-bond donors (Lipinski definition) is 2. The summed E-state index contributed by atoms with van der Waals surface area (Å²) in [6.07, 6.45) is 1.30. The lowest BCUT2D eigenvalue weighted by molar-refractivity contribution is 0.160. The third-order valence-corrected chi connectivity index (χ3v) is 1.75. The van der Waals surface area contributed by atoms with E-state index in [1.54, 1.807) is 12.1 Å². The zero-order chi connectivity index (χ0) is 11.1. The minimum atomic E-state index is -0.523. The Kier molecular flexibility index (Phi) is 4.47. The van der Waals surface area contributed by atoms with Crippen LogP contribution in [0.4, 0.5) is 10.5 Å². The molecule has 0 heterocycles. The largest absolute Gasteiger partial charge is 0.507 e. The summed E-state index contributed by atoms with van der Waals surface area (Å²) in [7, 11) is 0. The highest BCUT2D eigenvalue weighted by atomic mass is 16.5. The number of ether oxygens (including phenoxy) is 1. The fourth-order valence-corrected chi connectivity index (χ4v) is 0.985. The van der Waals surface area contributed by atoms with Crippen molar-refractivity contribution >= 4 is 11.8 Å². The molecular weight excluding hydrogens is 194 g/mol. The Labute approximate surface area is 88.9 Å². The maximum atomic E-state index is 11.2. The Bertz CT molecular complexity index is 325. The molecular formula is C11H14NO3. The number of aromatic hydroxyl groups is 1. The molecule has 1 amide bonds. The molecule has 4 heteroatoms. The van der Waals surface area contributed by atoms with Gasteiger partial charge in [0.1, 0.15) is 5.75 Å². The number of carbonyl (C=O) groups is 1. The summed E-state index contributed by atoms with van der Waals surface area (Å²) in [5, 5.41) is 11.6. The van der Waals surface area contributed by atoms with Gasteiger partial charge in [-0.15, -0.1) is 0 Å². The Balaban J connectivity index is 2.37. The number of amides is 1. The zero-order valence-corrected chi connectivity index (χ0v) is 8.62. The van der Waals surface area contributed by atoms with E-state index in [0.29, 0.717) is 12.3 Å².